The van der Waals surface area contributed by atoms with E-state index < -0.39 is 0 Å². The summed E-state index contributed by atoms with van der Waals surface area (Å²) in [6, 6.07) is 0. The summed E-state index contributed by atoms with van der Waals surface area (Å²) < 4.78 is 29.5. The maximum absolute atomic E-state index is 10.7. The summed E-state index contributed by atoms with van der Waals surface area (Å²) in [5.41, 5.74) is 0. The molecule has 12 heavy (non-hydrogen) atoms. The fraction of sp³-hybridized carbons (Fsp3) is 1.00. The number of alkyl halides is 2. The van der Waals surface area contributed by atoms with Crippen molar-refractivity contribution in [2.75, 3.05) is 13.3 Å². The van der Waals surface area contributed by atoms with Gasteiger partial charge in [0.25, 0.3) is 0 Å². The van der Waals surface area contributed by atoms with Gasteiger partial charge >= 0.3 is 0 Å². The van der Waals surface area contributed by atoms with E-state index >= 15 is 0 Å². The molecule has 0 aromatic heterocycles. The van der Waals surface area contributed by atoms with Crippen LogP contribution in [-0.2, 0) is 0 Å². The normalized spacial score (nSPS) is 4.50. The molecule has 78 valence electrons. The topological polar surface area (TPSA) is 20.2 Å². The maximum Gasteiger partial charge on any atom is 0.0891 e. The van der Waals surface area contributed by atoms with Crippen LogP contribution < -0.4 is 0 Å². The van der Waals surface area contributed by atoms with Crippen LogP contribution in [0, 0.1) is 0 Å². The molecule has 0 bridgehead atoms. The third-order valence-electron chi connectivity index (χ3n) is 0.189. The summed E-state index contributed by atoms with van der Waals surface area (Å²) in [6.07, 6.45) is 0.653. The van der Waals surface area contributed by atoms with Gasteiger partial charge in [0.15, 0.2) is 0 Å². The Kier molecular flexibility index (Phi) is 920. The van der Waals surface area contributed by atoms with Crippen molar-refractivity contribution >= 4 is 0 Å². The van der Waals surface area contributed by atoms with Crippen molar-refractivity contribution in [1.29, 1.82) is 0 Å². The Labute approximate surface area is 68.1 Å². The van der Waals surface area contributed by atoms with E-state index in [1.54, 1.807) is 6.92 Å². The molecule has 0 radical (unpaired) electrons. The average molecular weight is 445 g/mol. The van der Waals surface area contributed by atoms with E-state index in [4.69, 9.17) is 9.84 Å². The fourth-order valence-corrected chi connectivity index (χ4v) is 0. The molecule has 0 saturated carbocycles. The summed E-state index contributed by atoms with van der Waals surface area (Å²) in [5.74, 6) is 0. The predicted molar refractivity (Wildman–Crippen MR) is 44.7 cm³/mol. The van der Waals surface area contributed by atoms with E-state index in [-0.39, 0.29) is 28.2 Å². The van der Waals surface area contributed by atoms with Gasteiger partial charge < -0.3 is 0 Å². The van der Waals surface area contributed by atoms with Crippen molar-refractivity contribution in [3.63, 3.8) is 0 Å². The van der Waals surface area contributed by atoms with E-state index in [9.17, 15) is 8.78 Å². The molecule has 0 heterocycles. The van der Waals surface area contributed by atoms with E-state index in [2.05, 4.69) is 0 Å². The molecule has 0 fully saturated rings. The molecule has 0 atom stereocenters. The minimum atomic E-state index is -0.250. The first kappa shape index (κ1) is 45.3. The Bertz CT molecular complexity index is 26.1. The van der Waals surface area contributed by atoms with Gasteiger partial charge in [0.05, 0.1) is 13.3 Å². The van der Waals surface area contributed by atoms with E-state index in [1.165, 1.54) is 6.92 Å². The van der Waals surface area contributed by atoms with Gasteiger partial charge in [-0.2, -0.15) is 0 Å². The maximum atomic E-state index is 10.7. The van der Waals surface area contributed by atoms with Crippen LogP contribution in [0.5, 0.6) is 0 Å². The Balaban J connectivity index is -0.0000000105. The van der Waals surface area contributed by atoms with E-state index in [0.717, 1.165) is 0 Å². The minimum Gasteiger partial charge on any atom is -0.251 e. The molecule has 1 nitrogen and oxygen atoms in total. The molecule has 0 aliphatic heterocycles. The molecule has 0 unspecified atom stereocenters. The Morgan fingerprint density at radius 1 is 1.00 bits per heavy atom. The van der Waals surface area contributed by atoms with Gasteiger partial charge in [-0.3, -0.25) is 8.78 Å². The molecule has 0 aliphatic carbocycles. The van der Waals surface area contributed by atoms with Crippen LogP contribution >= 0.6 is 0 Å². The summed E-state index contributed by atoms with van der Waals surface area (Å²) >= 11 is 0. The van der Waals surface area contributed by atoms with Crippen molar-refractivity contribution in [2.45, 2.75) is 35.1 Å². The summed E-state index contributed by atoms with van der Waals surface area (Å²) in [7, 11) is 0. The molecule has 0 amide bonds. The smallest absolute Gasteiger partial charge is 0.0891 e. The van der Waals surface area contributed by atoms with E-state index in [1.807, 2.05) is 0 Å². The SMILES string of the molecule is C.C.CCCF.CCF.OF.[Rf]. The first-order chi connectivity index (χ1) is 4.33. The monoisotopic (exact) mass is 445 g/mol. The molecular weight excluding hydrogens is 424 g/mol. The van der Waals surface area contributed by atoms with Crippen LogP contribution in [0.2, 0.25) is 0 Å². The van der Waals surface area contributed by atoms with Crippen LogP contribution in [0.15, 0.2) is 0 Å². The van der Waals surface area contributed by atoms with Crippen molar-refractivity contribution in [2.24, 2.45) is 0 Å². The third kappa shape index (κ3) is 8410. The van der Waals surface area contributed by atoms with Crippen molar-refractivity contribution in [1.82, 2.24) is 0 Å². The summed E-state index contributed by atoms with van der Waals surface area (Å²) in [6.45, 7) is 2.83. The van der Waals surface area contributed by atoms with Gasteiger partial charge in [-0.25, -0.2) is 5.31 Å². The first-order valence-electron chi connectivity index (χ1n) is 2.62. The number of hydrogen-bond donors (Lipinski definition) is 1. The number of rotatable bonds is 1. The molecule has 0 spiro atoms. The molecule has 0 aliphatic rings. The first-order valence-corrected chi connectivity index (χ1v) is 2.62. The van der Waals surface area contributed by atoms with Crippen LogP contribution in [0.3, 0.4) is 0 Å². The minimum absolute atomic E-state index is 0. The Morgan fingerprint density at radius 2 is 1.08 bits per heavy atom. The van der Waals surface area contributed by atoms with Crippen molar-refractivity contribution in [3.05, 3.63) is 0 Å². The fourth-order valence-electron chi connectivity index (χ4n) is 0. The van der Waals surface area contributed by atoms with Gasteiger partial charge in [0.1, 0.15) is 0 Å². The zero-order valence-electron chi connectivity index (χ0n) is 6.41. The average Bonchev–Trinajstić information content (AvgIpc) is 1.94. The van der Waals surface area contributed by atoms with Crippen molar-refractivity contribution in [3.8, 4) is 0 Å². The quantitative estimate of drug-likeness (QED) is 0.656. The van der Waals surface area contributed by atoms with Gasteiger partial charge in [-0.05, 0) is 13.3 Å². The molecule has 5 heteroatoms. The molecule has 0 rings (SSSR count). The van der Waals surface area contributed by atoms with Crippen molar-refractivity contribution < 1.29 is 18.6 Å². The second-order valence-electron chi connectivity index (χ2n) is 0.956. The Hall–Kier alpha value is -1.25. The molecule has 0 aromatic rings. The van der Waals surface area contributed by atoms with Crippen LogP contribution in [-0.4, -0.2) is 18.7 Å². The summed E-state index contributed by atoms with van der Waals surface area (Å²) in [5, 5.41) is 5.50. The second-order valence-corrected chi connectivity index (χ2v) is 0.956. The zero-order valence-corrected chi connectivity index (χ0v) is 12.8. The Morgan fingerprint density at radius 3 is 1.08 bits per heavy atom. The number of halogens is 3. The largest absolute Gasteiger partial charge is 0.251 e. The molecule has 0 aromatic carbocycles. The third-order valence-corrected chi connectivity index (χ3v) is 0.189. The predicted octanol–water partition coefficient (Wildman–Crippen LogP) is 3.48. The second kappa shape index (κ2) is 244. The van der Waals surface area contributed by atoms with Gasteiger partial charge in [0, 0.05) is 0 Å². The van der Waals surface area contributed by atoms with E-state index in [0.29, 0.717) is 6.42 Å². The molecular formula is C7H21F3ORf. The van der Waals surface area contributed by atoms with Gasteiger partial charge in [0.2, 0.25) is 0 Å². The molecule has 0 saturated heterocycles. The standard InChI is InChI=1S/C3H7F.C2H5F.2CH4.FHO.Rf/c1-2-3-4;1-2-3;;;1-2;/h2-3H2,1H3;2H2,1H3;2*1H4;2H;. The van der Waals surface area contributed by atoms with Gasteiger partial charge in [-0.1, -0.05) is 26.3 Å². The van der Waals surface area contributed by atoms with Gasteiger partial charge in [-0.15, -0.1) is 0 Å². The van der Waals surface area contributed by atoms with Crippen LogP contribution in [0.1, 0.15) is 35.1 Å². The van der Waals surface area contributed by atoms with Crippen LogP contribution in [0.4, 0.5) is 13.3 Å². The summed E-state index contributed by atoms with van der Waals surface area (Å²) in [4.78, 5) is 0. The zero-order chi connectivity index (χ0) is 8.12. The number of hydrogen-bond acceptors (Lipinski definition) is 1. The van der Waals surface area contributed by atoms with Crippen LogP contribution in [0.25, 0.3) is 0 Å². The molecule has 1 N–H and O–H groups in total.